The number of carbonyl (C=O) groups is 2. The number of hydrogen-bond donors (Lipinski definition) is 0. The van der Waals surface area contributed by atoms with Crippen molar-refractivity contribution < 1.29 is 19.1 Å². The van der Waals surface area contributed by atoms with E-state index in [4.69, 9.17) is 9.47 Å². The van der Waals surface area contributed by atoms with Crippen LogP contribution in [0.4, 0.5) is 4.79 Å². The molecule has 1 amide bonds. The van der Waals surface area contributed by atoms with Gasteiger partial charge in [-0.1, -0.05) is 44.2 Å². The summed E-state index contributed by atoms with van der Waals surface area (Å²) < 4.78 is 11.2. The second-order valence-corrected chi connectivity index (χ2v) is 9.65. The summed E-state index contributed by atoms with van der Waals surface area (Å²) in [6.45, 7) is 11.4. The van der Waals surface area contributed by atoms with Crippen LogP contribution in [0, 0.1) is 5.92 Å². The summed E-state index contributed by atoms with van der Waals surface area (Å²) in [4.78, 5) is 29.3. The SMILES string of the molecule is CC(C)CC(C(=O)OCc1ccccc1)N(C)CC1CCCN1C(=O)OC(C)(C)C. The molecule has 1 fully saturated rings. The lowest BCUT2D eigenvalue weighted by atomic mass is 10.0. The minimum absolute atomic E-state index is 0.0430. The Morgan fingerprint density at radius 2 is 1.87 bits per heavy atom. The summed E-state index contributed by atoms with van der Waals surface area (Å²) in [7, 11) is 1.95. The van der Waals surface area contributed by atoms with Crippen molar-refractivity contribution in [1.82, 2.24) is 9.80 Å². The van der Waals surface area contributed by atoms with E-state index in [9.17, 15) is 9.59 Å². The van der Waals surface area contributed by atoms with Crippen molar-refractivity contribution in [2.24, 2.45) is 5.92 Å². The van der Waals surface area contributed by atoms with Crippen molar-refractivity contribution in [3.05, 3.63) is 35.9 Å². The highest BCUT2D eigenvalue weighted by atomic mass is 16.6. The first-order valence-corrected chi connectivity index (χ1v) is 11.0. The average Bonchev–Trinajstić information content (AvgIpc) is 3.11. The van der Waals surface area contributed by atoms with Crippen LogP contribution < -0.4 is 0 Å². The van der Waals surface area contributed by atoms with E-state index >= 15 is 0 Å². The van der Waals surface area contributed by atoms with Crippen LogP contribution in [-0.2, 0) is 20.9 Å². The largest absolute Gasteiger partial charge is 0.460 e. The third-order valence-electron chi connectivity index (χ3n) is 5.23. The van der Waals surface area contributed by atoms with Gasteiger partial charge in [-0.25, -0.2) is 4.79 Å². The molecule has 0 spiro atoms. The second kappa shape index (κ2) is 10.8. The Bertz CT molecular complexity index is 684. The molecule has 168 valence electrons. The molecule has 30 heavy (non-hydrogen) atoms. The summed E-state index contributed by atoms with van der Waals surface area (Å²) in [6.07, 6.45) is 2.30. The first-order valence-electron chi connectivity index (χ1n) is 11.0. The predicted octanol–water partition coefficient (Wildman–Crippen LogP) is 4.48. The Hall–Kier alpha value is -2.08. The molecule has 0 N–H and O–H groups in total. The van der Waals surface area contributed by atoms with E-state index in [1.165, 1.54) is 0 Å². The van der Waals surface area contributed by atoms with Gasteiger partial charge in [-0.05, 0) is 58.6 Å². The lowest BCUT2D eigenvalue weighted by Crippen LogP contribution is -2.49. The molecule has 6 nitrogen and oxygen atoms in total. The maximum absolute atomic E-state index is 12.9. The van der Waals surface area contributed by atoms with E-state index in [1.54, 1.807) is 0 Å². The summed E-state index contributed by atoms with van der Waals surface area (Å²) in [5.41, 5.74) is 0.459. The van der Waals surface area contributed by atoms with E-state index in [0.717, 1.165) is 18.4 Å². The summed E-state index contributed by atoms with van der Waals surface area (Å²) >= 11 is 0. The van der Waals surface area contributed by atoms with Crippen LogP contribution in [0.3, 0.4) is 0 Å². The predicted molar refractivity (Wildman–Crippen MR) is 118 cm³/mol. The van der Waals surface area contributed by atoms with Crippen molar-refractivity contribution in [3.8, 4) is 0 Å². The standard InChI is InChI=1S/C24H38N2O4/c1-18(2)15-21(22(27)29-17-19-11-8-7-9-12-19)25(6)16-20-13-10-14-26(20)23(28)30-24(3,4)5/h7-9,11-12,18,20-21H,10,13-17H2,1-6H3. The van der Waals surface area contributed by atoms with Gasteiger partial charge < -0.3 is 14.4 Å². The number of carbonyl (C=O) groups excluding carboxylic acids is 2. The van der Waals surface area contributed by atoms with Crippen LogP contribution in [0.2, 0.25) is 0 Å². The minimum Gasteiger partial charge on any atom is -0.460 e. The van der Waals surface area contributed by atoms with E-state index in [1.807, 2.05) is 68.0 Å². The molecule has 0 aromatic heterocycles. The fraction of sp³-hybridized carbons (Fsp3) is 0.667. The third kappa shape index (κ3) is 7.63. The molecule has 1 aromatic rings. The normalized spacial score (nSPS) is 18.0. The molecule has 6 heteroatoms. The molecule has 1 aliphatic rings. The molecule has 1 aromatic carbocycles. The van der Waals surface area contributed by atoms with Gasteiger partial charge in [0.1, 0.15) is 18.2 Å². The van der Waals surface area contributed by atoms with E-state index < -0.39 is 5.60 Å². The first kappa shape index (κ1) is 24.2. The fourth-order valence-corrected chi connectivity index (χ4v) is 3.77. The maximum Gasteiger partial charge on any atom is 0.410 e. The Balaban J connectivity index is 2.00. The monoisotopic (exact) mass is 418 g/mol. The molecule has 1 heterocycles. The smallest absolute Gasteiger partial charge is 0.410 e. The highest BCUT2D eigenvalue weighted by Gasteiger charge is 2.35. The Labute approximate surface area is 181 Å². The van der Waals surface area contributed by atoms with Crippen LogP contribution >= 0.6 is 0 Å². The van der Waals surface area contributed by atoms with Gasteiger partial charge in [0.2, 0.25) is 0 Å². The quantitative estimate of drug-likeness (QED) is 0.583. The van der Waals surface area contributed by atoms with Gasteiger partial charge in [0, 0.05) is 19.1 Å². The van der Waals surface area contributed by atoms with Gasteiger partial charge in [-0.3, -0.25) is 9.69 Å². The van der Waals surface area contributed by atoms with Gasteiger partial charge in [0.05, 0.1) is 0 Å². The molecule has 0 aliphatic carbocycles. The Kier molecular flexibility index (Phi) is 8.71. The molecule has 2 atom stereocenters. The molecule has 1 saturated heterocycles. The molecular weight excluding hydrogens is 380 g/mol. The van der Waals surface area contributed by atoms with Gasteiger partial charge in [0.15, 0.2) is 0 Å². The molecule has 1 aliphatic heterocycles. The molecule has 0 bridgehead atoms. The number of benzene rings is 1. The highest BCUT2D eigenvalue weighted by Crippen LogP contribution is 2.23. The van der Waals surface area contributed by atoms with Crippen LogP contribution in [0.5, 0.6) is 0 Å². The topological polar surface area (TPSA) is 59.1 Å². The summed E-state index contributed by atoms with van der Waals surface area (Å²) in [5.74, 6) is 0.143. The second-order valence-electron chi connectivity index (χ2n) is 9.65. The van der Waals surface area contributed by atoms with Crippen LogP contribution in [-0.4, -0.2) is 59.7 Å². The summed E-state index contributed by atoms with van der Waals surface area (Å²) in [5, 5.41) is 0. The number of nitrogens with zero attached hydrogens (tertiary/aromatic N) is 2. The van der Waals surface area contributed by atoms with E-state index in [0.29, 0.717) is 25.4 Å². The Morgan fingerprint density at radius 3 is 2.47 bits per heavy atom. The number of ether oxygens (including phenoxy) is 2. The highest BCUT2D eigenvalue weighted by molar-refractivity contribution is 5.75. The third-order valence-corrected chi connectivity index (χ3v) is 5.23. The van der Waals surface area contributed by atoms with Gasteiger partial charge in [-0.15, -0.1) is 0 Å². The fourth-order valence-electron chi connectivity index (χ4n) is 3.77. The summed E-state index contributed by atoms with van der Waals surface area (Å²) in [6, 6.07) is 9.42. The maximum atomic E-state index is 12.9. The Morgan fingerprint density at radius 1 is 1.20 bits per heavy atom. The van der Waals surface area contributed by atoms with Crippen molar-refractivity contribution in [1.29, 1.82) is 0 Å². The zero-order valence-electron chi connectivity index (χ0n) is 19.4. The number of hydrogen-bond acceptors (Lipinski definition) is 5. The number of amides is 1. The van der Waals surface area contributed by atoms with Crippen molar-refractivity contribution in [2.45, 2.75) is 78.2 Å². The molecular formula is C24H38N2O4. The number of rotatable bonds is 8. The van der Waals surface area contributed by atoms with E-state index in [2.05, 4.69) is 13.8 Å². The van der Waals surface area contributed by atoms with Crippen molar-refractivity contribution in [2.75, 3.05) is 20.1 Å². The van der Waals surface area contributed by atoms with Gasteiger partial charge in [-0.2, -0.15) is 0 Å². The molecule has 0 saturated carbocycles. The number of likely N-dealkylation sites (tertiary alicyclic amines) is 1. The van der Waals surface area contributed by atoms with Crippen molar-refractivity contribution in [3.63, 3.8) is 0 Å². The number of esters is 1. The first-order chi connectivity index (χ1) is 14.1. The van der Waals surface area contributed by atoms with Crippen LogP contribution in [0.1, 0.15) is 59.4 Å². The van der Waals surface area contributed by atoms with Gasteiger partial charge in [0.25, 0.3) is 0 Å². The molecule has 2 unspecified atom stereocenters. The van der Waals surface area contributed by atoms with Crippen LogP contribution in [0.25, 0.3) is 0 Å². The zero-order chi connectivity index (χ0) is 22.3. The zero-order valence-corrected chi connectivity index (χ0v) is 19.4. The molecule has 0 radical (unpaired) electrons. The average molecular weight is 419 g/mol. The lowest BCUT2D eigenvalue weighted by molar-refractivity contribution is -0.151. The van der Waals surface area contributed by atoms with E-state index in [-0.39, 0.29) is 30.8 Å². The lowest BCUT2D eigenvalue weighted by Gasteiger charge is -2.34. The van der Waals surface area contributed by atoms with Crippen LogP contribution in [0.15, 0.2) is 30.3 Å². The van der Waals surface area contributed by atoms with Gasteiger partial charge >= 0.3 is 12.1 Å². The number of likely N-dealkylation sites (N-methyl/N-ethyl adjacent to an activating group) is 1. The molecule has 2 rings (SSSR count). The minimum atomic E-state index is -0.516. The van der Waals surface area contributed by atoms with Crippen molar-refractivity contribution >= 4 is 12.1 Å².